The van der Waals surface area contributed by atoms with Crippen molar-refractivity contribution in [1.29, 1.82) is 0 Å². The molecule has 43 heavy (non-hydrogen) atoms. The highest BCUT2D eigenvalue weighted by Gasteiger charge is 2.45. The fourth-order valence-corrected chi connectivity index (χ4v) is 4.90. The molecule has 4 aromatic rings. The van der Waals surface area contributed by atoms with Gasteiger partial charge in [-0.15, -0.1) is 0 Å². The van der Waals surface area contributed by atoms with E-state index in [2.05, 4.69) is 34.4 Å². The predicted molar refractivity (Wildman–Crippen MR) is 139 cm³/mol. The Morgan fingerprint density at radius 1 is 0.884 bits per heavy atom. The third-order valence-electron chi connectivity index (χ3n) is 6.65. The zero-order chi connectivity index (χ0) is 31.2. The first kappa shape index (κ1) is 30.8. The van der Waals surface area contributed by atoms with Crippen LogP contribution in [0, 0.1) is 0 Å². The van der Waals surface area contributed by atoms with Crippen molar-refractivity contribution in [2.75, 3.05) is 24.7 Å². The van der Waals surface area contributed by atoms with Crippen LogP contribution < -0.4 is 17.0 Å². The lowest BCUT2D eigenvalue weighted by Gasteiger charge is -2.16. The highest BCUT2D eigenvalue weighted by atomic mass is 31.2. The second-order valence-corrected chi connectivity index (χ2v) is 10.7. The van der Waals surface area contributed by atoms with Gasteiger partial charge >= 0.3 is 7.82 Å². The summed E-state index contributed by atoms with van der Waals surface area (Å²) in [6.45, 7) is -1.04. The number of nitrogens with two attached hydrogens (primary N) is 2. The van der Waals surface area contributed by atoms with Crippen molar-refractivity contribution in [1.82, 2.24) is 39.0 Å². The number of nitrogen functional groups attached to an aromatic ring is 2. The van der Waals surface area contributed by atoms with Gasteiger partial charge in [0.1, 0.15) is 48.5 Å². The smallest absolute Gasteiger partial charge is 0.394 e. The number of hydrogen-bond acceptors (Lipinski definition) is 17. The van der Waals surface area contributed by atoms with Gasteiger partial charge < -0.3 is 56.3 Å². The van der Waals surface area contributed by atoms with Crippen LogP contribution >= 0.6 is 7.82 Å². The van der Waals surface area contributed by atoms with Crippen molar-refractivity contribution in [2.45, 2.75) is 49.1 Å². The Morgan fingerprint density at radius 3 is 2.07 bits per heavy atom. The topological polar surface area (TPSA) is 346 Å². The van der Waals surface area contributed by atoms with Crippen LogP contribution in [-0.2, 0) is 18.6 Å². The molecular weight excluding hydrogens is 603 g/mol. The number of hydrogen-bond donors (Lipinski definition) is 10. The highest BCUT2D eigenvalue weighted by Crippen LogP contribution is 2.39. The summed E-state index contributed by atoms with van der Waals surface area (Å²) in [4.78, 5) is 51.0. The number of rotatable bonds is 6. The molecule has 22 nitrogen and oxygen atoms in total. The van der Waals surface area contributed by atoms with Crippen LogP contribution in [0.1, 0.15) is 12.5 Å². The van der Waals surface area contributed by atoms with E-state index in [0.29, 0.717) is 5.52 Å². The number of imidazole rings is 2. The Bertz CT molecular complexity index is 1710. The first-order chi connectivity index (χ1) is 20.3. The van der Waals surface area contributed by atoms with Crippen molar-refractivity contribution in [3.05, 3.63) is 29.3 Å². The average molecular weight is 630 g/mol. The molecule has 2 aliphatic heterocycles. The summed E-state index contributed by atoms with van der Waals surface area (Å²) in [5.74, 6) is 0.0409. The third-order valence-corrected chi connectivity index (χ3v) is 7.13. The van der Waals surface area contributed by atoms with Crippen LogP contribution in [0.2, 0.25) is 0 Å². The number of aromatic nitrogens is 8. The normalized spacial score (nSPS) is 29.3. The van der Waals surface area contributed by atoms with Gasteiger partial charge in [-0.2, -0.15) is 4.98 Å². The maximum absolute atomic E-state index is 11.7. The van der Waals surface area contributed by atoms with Gasteiger partial charge in [0.25, 0.3) is 5.56 Å². The van der Waals surface area contributed by atoms with Gasteiger partial charge in [0.15, 0.2) is 35.1 Å². The largest absolute Gasteiger partial charge is 0.469 e. The maximum Gasteiger partial charge on any atom is 0.469 e. The number of ether oxygens (including phenoxy) is 2. The molecule has 0 radical (unpaired) electrons. The van der Waals surface area contributed by atoms with E-state index >= 15 is 0 Å². The summed E-state index contributed by atoms with van der Waals surface area (Å²) in [5.41, 5.74) is 11.4. The fourth-order valence-electron chi connectivity index (χ4n) is 4.56. The van der Waals surface area contributed by atoms with Gasteiger partial charge in [0.2, 0.25) is 5.95 Å². The molecule has 2 saturated heterocycles. The number of nitrogens with zero attached hydrogens (tertiary/aromatic N) is 7. The molecule has 2 aliphatic rings. The Hall–Kier alpha value is -3.67. The van der Waals surface area contributed by atoms with Crippen molar-refractivity contribution in [2.24, 2.45) is 0 Å². The second-order valence-electron chi connectivity index (χ2n) is 9.42. The van der Waals surface area contributed by atoms with Crippen molar-refractivity contribution >= 4 is 41.9 Å². The van der Waals surface area contributed by atoms with Crippen LogP contribution in [0.5, 0.6) is 0 Å². The molecule has 0 bridgehead atoms. The Labute approximate surface area is 238 Å². The van der Waals surface area contributed by atoms with Crippen LogP contribution in [0.3, 0.4) is 0 Å². The lowest BCUT2D eigenvalue weighted by atomic mass is 10.1. The van der Waals surface area contributed by atoms with E-state index in [4.69, 9.17) is 35.8 Å². The number of aliphatic hydroxyl groups excluding tert-OH is 5. The standard InChI is InChI=1S/C10H14N5O7P.C10H13N5O5/c11-8-5-9(13-2-12-8)15(3-14-5)10-7(17)6(16)4(22-10)1-21-23(18,19)20;11-10-13-7-4(8(19)14-10)12-2-15(7)9-6(18)5(17)3(1-16)20-9/h2-4,6-7,10,16-17H,1H2,(H2,11,12,13)(H2,18,19,20);2-3,5-6,9,16-18H,1H2,(H3,11,13,14,19)/t4-,6-,7-,10-;3-,5-,6-,9-/m11/s1. The Kier molecular flexibility index (Phi) is 8.43. The second kappa shape index (κ2) is 11.8. The third kappa shape index (κ3) is 5.93. The summed E-state index contributed by atoms with van der Waals surface area (Å²) in [7, 11) is -4.72. The molecule has 6 heterocycles. The van der Waals surface area contributed by atoms with Gasteiger partial charge in [0.05, 0.1) is 25.9 Å². The number of fused-ring (bicyclic) bond motifs is 2. The molecule has 4 aromatic heterocycles. The lowest BCUT2D eigenvalue weighted by molar-refractivity contribution is -0.0511. The van der Waals surface area contributed by atoms with E-state index in [9.17, 15) is 29.8 Å². The number of phosphoric ester groups is 1. The minimum atomic E-state index is -4.72. The summed E-state index contributed by atoms with van der Waals surface area (Å²) in [5, 5.41) is 48.8. The highest BCUT2D eigenvalue weighted by molar-refractivity contribution is 7.46. The first-order valence-electron chi connectivity index (χ1n) is 12.3. The molecule has 12 N–H and O–H groups in total. The lowest BCUT2D eigenvalue weighted by Crippen LogP contribution is -2.33. The number of aromatic amines is 1. The fraction of sp³-hybridized carbons (Fsp3) is 0.500. The molecule has 0 aromatic carbocycles. The van der Waals surface area contributed by atoms with E-state index in [-0.39, 0.29) is 28.6 Å². The van der Waals surface area contributed by atoms with Crippen molar-refractivity contribution in [3.63, 3.8) is 0 Å². The number of H-pyrrole nitrogens is 1. The molecule has 0 saturated carbocycles. The van der Waals surface area contributed by atoms with Crippen molar-refractivity contribution in [3.8, 4) is 0 Å². The van der Waals surface area contributed by atoms with Gasteiger partial charge in [-0.1, -0.05) is 0 Å². The summed E-state index contributed by atoms with van der Waals surface area (Å²) in [6, 6.07) is 0. The van der Waals surface area contributed by atoms with Crippen LogP contribution in [-0.4, -0.2) is 124 Å². The first-order valence-corrected chi connectivity index (χ1v) is 13.8. The molecule has 234 valence electrons. The number of aliphatic hydroxyl groups is 5. The number of anilines is 2. The van der Waals surface area contributed by atoms with E-state index in [1.807, 2.05) is 0 Å². The minimum Gasteiger partial charge on any atom is -0.394 e. The van der Waals surface area contributed by atoms with Crippen LogP contribution in [0.15, 0.2) is 23.8 Å². The summed E-state index contributed by atoms with van der Waals surface area (Å²) in [6.07, 6.45) is -5.70. The molecule has 2 fully saturated rings. The number of nitrogens with one attached hydrogen (secondary N) is 1. The zero-order valence-corrected chi connectivity index (χ0v) is 22.6. The quantitative estimate of drug-likeness (QED) is 0.0896. The molecule has 0 amide bonds. The van der Waals surface area contributed by atoms with Gasteiger partial charge in [0, 0.05) is 0 Å². The molecular formula is C20H27N10O12P. The van der Waals surface area contributed by atoms with Crippen molar-refractivity contribution < 1.29 is 53.9 Å². The monoisotopic (exact) mass is 630 g/mol. The van der Waals surface area contributed by atoms with Crippen LogP contribution in [0.4, 0.5) is 11.8 Å². The van der Waals surface area contributed by atoms with E-state index < -0.39 is 75.7 Å². The van der Waals surface area contributed by atoms with E-state index in [0.717, 1.165) is 0 Å². The summed E-state index contributed by atoms with van der Waals surface area (Å²) >= 11 is 0. The summed E-state index contributed by atoms with van der Waals surface area (Å²) < 4.78 is 28.4. The number of phosphoric acid groups is 1. The maximum atomic E-state index is 11.7. The van der Waals surface area contributed by atoms with Gasteiger partial charge in [-0.3, -0.25) is 23.4 Å². The zero-order valence-electron chi connectivity index (χ0n) is 21.7. The molecule has 0 aliphatic carbocycles. The minimum absolute atomic E-state index is 0.0388. The van der Waals surface area contributed by atoms with Crippen LogP contribution in [0.25, 0.3) is 22.3 Å². The Morgan fingerprint density at radius 2 is 1.47 bits per heavy atom. The van der Waals surface area contributed by atoms with E-state index in [1.165, 1.54) is 28.1 Å². The SMILES string of the molecule is Nc1nc2c(ncn2[C@@H]2O[C@H](CO)[C@@H](O)[C@H]2O)c(=O)[nH]1.Nc1ncnc2c1ncn2[C@@H]1O[C@H](COP(=O)(O)O)[C@@H](O)[C@H]1O. The van der Waals surface area contributed by atoms with Gasteiger partial charge in [-0.25, -0.2) is 24.5 Å². The predicted octanol–water partition coefficient (Wildman–Crippen LogP) is -4.55. The molecule has 0 spiro atoms. The molecule has 6 rings (SSSR count). The Balaban J connectivity index is 0.000000173. The average Bonchev–Trinajstić information content (AvgIpc) is 3.70. The van der Waals surface area contributed by atoms with Gasteiger partial charge in [-0.05, 0) is 0 Å². The molecule has 8 atom stereocenters. The molecule has 0 unspecified atom stereocenters. The van der Waals surface area contributed by atoms with E-state index in [1.54, 1.807) is 0 Å². The molecule has 23 heteroatoms.